The summed E-state index contributed by atoms with van der Waals surface area (Å²) in [6, 6.07) is 8.78. The Balaban J connectivity index is 2.14. The maximum Gasteiger partial charge on any atom is 0.404 e. The quantitative estimate of drug-likeness (QED) is 0.660. The molecule has 8 heteroatoms. The standard InChI is InChI=1S/C22H27N5O3/c1-22(2,3)20-19(30-21(25)29)9-15(12-28)27(20)18-8-13(4-5-17(18)24)16-11-26-7-6-14(16)10-23/h4-8,11,15,19-20,28H,9,12,24H2,1-3H3,(H2,25,29)/t15-,19-,20?/m0/s1. The summed E-state index contributed by atoms with van der Waals surface area (Å²) in [5.74, 6) is 0. The van der Waals surface area contributed by atoms with Crippen molar-refractivity contribution < 1.29 is 14.6 Å². The number of hydrogen-bond acceptors (Lipinski definition) is 7. The average molecular weight is 409 g/mol. The van der Waals surface area contributed by atoms with E-state index in [1.54, 1.807) is 24.5 Å². The summed E-state index contributed by atoms with van der Waals surface area (Å²) in [5.41, 5.74) is 14.6. The van der Waals surface area contributed by atoms with E-state index >= 15 is 0 Å². The van der Waals surface area contributed by atoms with E-state index in [1.165, 1.54) is 0 Å². The van der Waals surface area contributed by atoms with Crippen molar-refractivity contribution in [3.8, 4) is 17.2 Å². The molecule has 0 spiro atoms. The molecule has 1 aliphatic heterocycles. The maximum atomic E-state index is 11.5. The summed E-state index contributed by atoms with van der Waals surface area (Å²) in [7, 11) is 0. The Bertz CT molecular complexity index is 979. The number of carbonyl (C=O) groups is 1. The summed E-state index contributed by atoms with van der Waals surface area (Å²) < 4.78 is 5.42. The Hall–Kier alpha value is -3.31. The molecule has 1 aliphatic rings. The second-order valence-electron chi connectivity index (χ2n) is 8.57. The van der Waals surface area contributed by atoms with Gasteiger partial charge in [0, 0.05) is 24.4 Å². The van der Waals surface area contributed by atoms with Crippen LogP contribution in [0.1, 0.15) is 32.8 Å². The predicted molar refractivity (Wildman–Crippen MR) is 114 cm³/mol. The van der Waals surface area contributed by atoms with E-state index in [2.05, 4.69) is 11.1 Å². The van der Waals surface area contributed by atoms with Crippen molar-refractivity contribution in [1.29, 1.82) is 5.26 Å². The molecular weight excluding hydrogens is 382 g/mol. The number of ether oxygens (including phenoxy) is 1. The van der Waals surface area contributed by atoms with Gasteiger partial charge in [0.05, 0.1) is 41.7 Å². The van der Waals surface area contributed by atoms with E-state index in [-0.39, 0.29) is 24.1 Å². The molecule has 1 fully saturated rings. The van der Waals surface area contributed by atoms with E-state index in [0.29, 0.717) is 28.9 Å². The van der Waals surface area contributed by atoms with Crippen molar-refractivity contribution in [2.45, 2.75) is 45.4 Å². The Morgan fingerprint density at radius 1 is 1.40 bits per heavy atom. The number of nitrogens with zero attached hydrogens (tertiary/aromatic N) is 3. The lowest BCUT2D eigenvalue weighted by atomic mass is 9.83. The zero-order chi connectivity index (χ0) is 22.1. The van der Waals surface area contributed by atoms with Crippen LogP contribution in [0.15, 0.2) is 36.7 Å². The third-order valence-corrected chi connectivity index (χ3v) is 5.48. The van der Waals surface area contributed by atoms with Gasteiger partial charge in [-0.2, -0.15) is 5.26 Å². The van der Waals surface area contributed by atoms with Crippen LogP contribution in [0, 0.1) is 16.7 Å². The second kappa shape index (κ2) is 8.20. The van der Waals surface area contributed by atoms with Crippen molar-refractivity contribution in [3.63, 3.8) is 0 Å². The van der Waals surface area contributed by atoms with Crippen LogP contribution in [0.25, 0.3) is 11.1 Å². The minimum Gasteiger partial charge on any atom is -0.444 e. The molecule has 2 heterocycles. The van der Waals surface area contributed by atoms with Crippen LogP contribution < -0.4 is 16.4 Å². The lowest BCUT2D eigenvalue weighted by Crippen LogP contribution is -2.49. The number of aliphatic hydroxyl groups is 1. The first-order valence-electron chi connectivity index (χ1n) is 9.76. The summed E-state index contributed by atoms with van der Waals surface area (Å²) in [5, 5.41) is 19.5. The summed E-state index contributed by atoms with van der Waals surface area (Å²) >= 11 is 0. The van der Waals surface area contributed by atoms with E-state index < -0.39 is 12.2 Å². The number of aromatic nitrogens is 1. The lowest BCUT2D eigenvalue weighted by Gasteiger charge is -2.41. The topological polar surface area (TPSA) is 138 Å². The highest BCUT2D eigenvalue weighted by Crippen LogP contribution is 2.44. The minimum absolute atomic E-state index is 0.134. The number of rotatable bonds is 4. The van der Waals surface area contributed by atoms with Gasteiger partial charge in [-0.3, -0.25) is 4.98 Å². The summed E-state index contributed by atoms with van der Waals surface area (Å²) in [6.45, 7) is 5.98. The van der Waals surface area contributed by atoms with Gasteiger partial charge in [0.25, 0.3) is 0 Å². The zero-order valence-corrected chi connectivity index (χ0v) is 17.4. The first-order valence-corrected chi connectivity index (χ1v) is 9.76. The zero-order valence-electron chi connectivity index (χ0n) is 17.4. The fourth-order valence-corrected chi connectivity index (χ4v) is 4.32. The molecule has 5 N–H and O–H groups in total. The van der Waals surface area contributed by atoms with E-state index in [4.69, 9.17) is 16.2 Å². The predicted octanol–water partition coefficient (Wildman–Crippen LogP) is 2.65. The molecule has 3 rings (SSSR count). The normalized spacial score (nSPS) is 21.3. The van der Waals surface area contributed by atoms with Crippen LogP contribution in [-0.2, 0) is 4.74 Å². The van der Waals surface area contributed by atoms with Gasteiger partial charge < -0.3 is 26.2 Å². The molecule has 3 atom stereocenters. The third-order valence-electron chi connectivity index (χ3n) is 5.48. The first-order chi connectivity index (χ1) is 14.2. The number of hydrogen-bond donors (Lipinski definition) is 3. The number of benzene rings is 1. The highest BCUT2D eigenvalue weighted by molar-refractivity contribution is 5.80. The van der Waals surface area contributed by atoms with Gasteiger partial charge >= 0.3 is 6.09 Å². The molecule has 8 nitrogen and oxygen atoms in total. The SMILES string of the molecule is CC(C)(C)C1[C@@H](OC(N)=O)C[C@@H](CO)N1c1cc(-c2cnccc2C#N)ccc1N. The molecule has 30 heavy (non-hydrogen) atoms. The average Bonchev–Trinajstić information content (AvgIpc) is 3.06. The van der Waals surface area contributed by atoms with Gasteiger partial charge in [-0.15, -0.1) is 0 Å². The van der Waals surface area contributed by atoms with Gasteiger partial charge in [-0.25, -0.2) is 4.79 Å². The van der Waals surface area contributed by atoms with Crippen LogP contribution >= 0.6 is 0 Å². The number of aliphatic hydroxyl groups excluding tert-OH is 1. The molecule has 1 aromatic heterocycles. The fraction of sp³-hybridized carbons (Fsp3) is 0.409. The number of anilines is 2. The van der Waals surface area contributed by atoms with Crippen LogP contribution in [-0.4, -0.2) is 41.0 Å². The molecule has 0 bridgehead atoms. The molecule has 158 valence electrons. The molecule has 1 saturated heterocycles. The number of pyridine rings is 1. The number of primary amides is 1. The second-order valence-corrected chi connectivity index (χ2v) is 8.57. The fourth-order valence-electron chi connectivity index (χ4n) is 4.32. The van der Waals surface area contributed by atoms with Crippen molar-refractivity contribution in [2.24, 2.45) is 11.1 Å². The van der Waals surface area contributed by atoms with Gasteiger partial charge in [0.1, 0.15) is 6.10 Å². The molecule has 0 radical (unpaired) electrons. The first kappa shape index (κ1) is 21.4. The highest BCUT2D eigenvalue weighted by Gasteiger charge is 2.49. The van der Waals surface area contributed by atoms with Gasteiger partial charge in [-0.05, 0) is 29.2 Å². The summed E-state index contributed by atoms with van der Waals surface area (Å²) in [6.07, 6.45) is 2.31. The van der Waals surface area contributed by atoms with Crippen LogP contribution in [0.4, 0.5) is 16.2 Å². The Morgan fingerprint density at radius 2 is 2.13 bits per heavy atom. The lowest BCUT2D eigenvalue weighted by molar-refractivity contribution is 0.0745. The molecule has 0 aliphatic carbocycles. The third kappa shape index (κ3) is 4.02. The van der Waals surface area contributed by atoms with Crippen molar-refractivity contribution in [2.75, 3.05) is 17.2 Å². The van der Waals surface area contributed by atoms with E-state index in [9.17, 15) is 15.2 Å². The Labute approximate surface area is 176 Å². The number of nitrogens with two attached hydrogens (primary N) is 2. The highest BCUT2D eigenvalue weighted by atomic mass is 16.6. The smallest absolute Gasteiger partial charge is 0.404 e. The van der Waals surface area contributed by atoms with E-state index in [1.807, 2.05) is 37.8 Å². The molecule has 0 saturated carbocycles. The van der Waals surface area contributed by atoms with Crippen LogP contribution in [0.5, 0.6) is 0 Å². The van der Waals surface area contributed by atoms with Crippen molar-refractivity contribution in [1.82, 2.24) is 4.98 Å². The van der Waals surface area contributed by atoms with Gasteiger partial charge in [0.2, 0.25) is 0 Å². The van der Waals surface area contributed by atoms with Crippen LogP contribution in [0.3, 0.4) is 0 Å². The van der Waals surface area contributed by atoms with Gasteiger partial charge in [-0.1, -0.05) is 26.8 Å². The molecule has 1 aromatic carbocycles. The maximum absolute atomic E-state index is 11.5. The largest absolute Gasteiger partial charge is 0.444 e. The number of nitrogen functional groups attached to an aromatic ring is 1. The van der Waals surface area contributed by atoms with Gasteiger partial charge in [0.15, 0.2) is 0 Å². The molecule has 1 unspecified atom stereocenters. The Morgan fingerprint density at radius 3 is 2.73 bits per heavy atom. The number of carbonyl (C=O) groups excluding carboxylic acids is 1. The molecule has 2 aromatic rings. The van der Waals surface area contributed by atoms with Crippen molar-refractivity contribution >= 4 is 17.5 Å². The summed E-state index contributed by atoms with van der Waals surface area (Å²) in [4.78, 5) is 17.7. The number of nitriles is 1. The Kier molecular flexibility index (Phi) is 5.85. The molecular formula is C22H27N5O3. The molecule has 1 amide bonds. The monoisotopic (exact) mass is 409 g/mol. The van der Waals surface area contributed by atoms with Crippen LogP contribution in [0.2, 0.25) is 0 Å². The van der Waals surface area contributed by atoms with Crippen molar-refractivity contribution in [3.05, 3.63) is 42.2 Å². The van der Waals surface area contributed by atoms with E-state index in [0.717, 1.165) is 5.56 Å². The minimum atomic E-state index is -0.844. The number of amides is 1.